The third kappa shape index (κ3) is 8.08. The molecule has 3 nitrogen and oxygen atoms in total. The topological polar surface area (TPSA) is 18.5 Å². The molecule has 0 aromatic carbocycles. The molecule has 0 radical (unpaired) electrons. The first-order chi connectivity index (χ1) is 7.68. The number of rotatable bonds is 10. The molecular formula is C13H29N3. The van der Waals surface area contributed by atoms with Gasteiger partial charge in [0, 0.05) is 19.1 Å². The minimum atomic E-state index is 0.878. The van der Waals surface area contributed by atoms with E-state index in [9.17, 15) is 0 Å². The molecule has 0 spiro atoms. The molecule has 96 valence electrons. The van der Waals surface area contributed by atoms with Gasteiger partial charge in [0.25, 0.3) is 0 Å². The van der Waals surface area contributed by atoms with Gasteiger partial charge in [0.15, 0.2) is 0 Å². The predicted molar refractivity (Wildman–Crippen MR) is 70.9 cm³/mol. The Morgan fingerprint density at radius 3 is 2.31 bits per heavy atom. The lowest BCUT2D eigenvalue weighted by Gasteiger charge is -2.19. The molecule has 0 aromatic rings. The van der Waals surface area contributed by atoms with Crippen LogP contribution >= 0.6 is 0 Å². The summed E-state index contributed by atoms with van der Waals surface area (Å²) in [5.74, 6) is 0. The van der Waals surface area contributed by atoms with Crippen molar-refractivity contribution < 1.29 is 0 Å². The molecule has 1 aliphatic carbocycles. The van der Waals surface area contributed by atoms with Gasteiger partial charge in [-0.1, -0.05) is 6.42 Å². The molecule has 16 heavy (non-hydrogen) atoms. The number of nitrogens with one attached hydrogen (secondary N) is 1. The van der Waals surface area contributed by atoms with E-state index in [4.69, 9.17) is 0 Å². The molecule has 0 saturated heterocycles. The molecule has 1 fully saturated rings. The van der Waals surface area contributed by atoms with Crippen LogP contribution in [0.1, 0.15) is 32.1 Å². The van der Waals surface area contributed by atoms with E-state index in [0.29, 0.717) is 0 Å². The highest BCUT2D eigenvalue weighted by Crippen LogP contribution is 2.18. The summed E-state index contributed by atoms with van der Waals surface area (Å²) in [5, 5.41) is 3.56. The van der Waals surface area contributed by atoms with Gasteiger partial charge < -0.3 is 15.1 Å². The smallest absolute Gasteiger partial charge is 0.0106 e. The summed E-state index contributed by atoms with van der Waals surface area (Å²) in [4.78, 5) is 4.68. The SMILES string of the molecule is CN(C)CCN(C)CCCCCNC1CC1. The summed E-state index contributed by atoms with van der Waals surface area (Å²) in [6.45, 7) is 4.83. The molecule has 0 aromatic heterocycles. The molecule has 3 heteroatoms. The van der Waals surface area contributed by atoms with E-state index in [2.05, 4.69) is 36.3 Å². The maximum atomic E-state index is 3.56. The van der Waals surface area contributed by atoms with Crippen LogP contribution in [0.4, 0.5) is 0 Å². The first-order valence-electron chi connectivity index (χ1n) is 6.75. The first-order valence-corrected chi connectivity index (χ1v) is 6.75. The molecule has 0 atom stereocenters. The van der Waals surface area contributed by atoms with Crippen LogP contribution in [0.2, 0.25) is 0 Å². The Morgan fingerprint density at radius 2 is 1.69 bits per heavy atom. The largest absolute Gasteiger partial charge is 0.314 e. The molecule has 1 N–H and O–H groups in total. The number of unbranched alkanes of at least 4 members (excludes halogenated alkanes) is 2. The van der Waals surface area contributed by atoms with Gasteiger partial charge in [-0.25, -0.2) is 0 Å². The summed E-state index contributed by atoms with van der Waals surface area (Å²) in [7, 11) is 6.50. The van der Waals surface area contributed by atoms with Crippen LogP contribution in [0.25, 0.3) is 0 Å². The van der Waals surface area contributed by atoms with E-state index >= 15 is 0 Å². The van der Waals surface area contributed by atoms with Crippen molar-refractivity contribution in [1.82, 2.24) is 15.1 Å². The second kappa shape index (κ2) is 8.04. The molecule has 0 unspecified atom stereocenters. The van der Waals surface area contributed by atoms with Crippen LogP contribution in [0.5, 0.6) is 0 Å². The quantitative estimate of drug-likeness (QED) is 0.569. The lowest BCUT2D eigenvalue weighted by molar-refractivity contribution is 0.277. The van der Waals surface area contributed by atoms with Crippen molar-refractivity contribution in [1.29, 1.82) is 0 Å². The van der Waals surface area contributed by atoms with Crippen molar-refractivity contribution in [3.8, 4) is 0 Å². The molecule has 0 amide bonds. The van der Waals surface area contributed by atoms with Gasteiger partial charge in [-0.15, -0.1) is 0 Å². The normalized spacial score (nSPS) is 16.3. The van der Waals surface area contributed by atoms with Crippen molar-refractivity contribution in [2.75, 3.05) is 47.3 Å². The maximum absolute atomic E-state index is 3.56. The molecule has 1 saturated carbocycles. The summed E-state index contributed by atoms with van der Waals surface area (Å²) in [6.07, 6.45) is 6.88. The van der Waals surface area contributed by atoms with Crippen molar-refractivity contribution in [3.05, 3.63) is 0 Å². The summed E-state index contributed by atoms with van der Waals surface area (Å²) in [6, 6.07) is 0.878. The first kappa shape index (κ1) is 13.9. The highest BCUT2D eigenvalue weighted by Gasteiger charge is 2.19. The second-order valence-electron chi connectivity index (χ2n) is 5.40. The van der Waals surface area contributed by atoms with Crippen LogP contribution < -0.4 is 5.32 Å². The van der Waals surface area contributed by atoms with Gasteiger partial charge in [-0.05, 0) is 59.9 Å². The van der Waals surface area contributed by atoms with Crippen molar-refractivity contribution in [2.24, 2.45) is 0 Å². The summed E-state index contributed by atoms with van der Waals surface area (Å²) < 4.78 is 0. The van der Waals surface area contributed by atoms with Gasteiger partial charge in [0.05, 0.1) is 0 Å². The van der Waals surface area contributed by atoms with Gasteiger partial charge >= 0.3 is 0 Å². The Bertz CT molecular complexity index is 167. The summed E-state index contributed by atoms with van der Waals surface area (Å²) >= 11 is 0. The average molecular weight is 227 g/mol. The predicted octanol–water partition coefficient (Wildman–Crippen LogP) is 1.40. The van der Waals surface area contributed by atoms with E-state index in [-0.39, 0.29) is 0 Å². The molecule has 0 aliphatic heterocycles. The number of likely N-dealkylation sites (N-methyl/N-ethyl adjacent to an activating group) is 2. The van der Waals surface area contributed by atoms with Crippen LogP contribution in [-0.2, 0) is 0 Å². The standard InChI is InChI=1S/C13H29N3/c1-15(2)11-12-16(3)10-6-4-5-9-14-13-7-8-13/h13-14H,4-12H2,1-3H3. The number of hydrogen-bond donors (Lipinski definition) is 1. The highest BCUT2D eigenvalue weighted by molar-refractivity contribution is 4.80. The van der Waals surface area contributed by atoms with Gasteiger partial charge in [0.2, 0.25) is 0 Å². The van der Waals surface area contributed by atoms with Crippen LogP contribution in [0.3, 0.4) is 0 Å². The van der Waals surface area contributed by atoms with Gasteiger partial charge in [-0.3, -0.25) is 0 Å². The Hall–Kier alpha value is -0.120. The fraction of sp³-hybridized carbons (Fsp3) is 1.00. The monoisotopic (exact) mass is 227 g/mol. The van der Waals surface area contributed by atoms with E-state index in [0.717, 1.165) is 6.04 Å². The number of nitrogens with zero attached hydrogens (tertiary/aromatic N) is 2. The third-order valence-electron chi connectivity index (χ3n) is 3.16. The lowest BCUT2D eigenvalue weighted by atomic mass is 10.2. The minimum Gasteiger partial charge on any atom is -0.314 e. The molecular weight excluding hydrogens is 198 g/mol. The van der Waals surface area contributed by atoms with Crippen molar-refractivity contribution in [2.45, 2.75) is 38.1 Å². The second-order valence-corrected chi connectivity index (χ2v) is 5.40. The molecule has 0 bridgehead atoms. The Balaban J connectivity index is 1.78. The maximum Gasteiger partial charge on any atom is 0.0106 e. The van der Waals surface area contributed by atoms with Crippen LogP contribution in [0, 0.1) is 0 Å². The van der Waals surface area contributed by atoms with Crippen LogP contribution in [-0.4, -0.2) is 63.2 Å². The van der Waals surface area contributed by atoms with E-state index in [1.54, 1.807) is 0 Å². The lowest BCUT2D eigenvalue weighted by Crippen LogP contribution is -2.29. The zero-order valence-electron chi connectivity index (χ0n) is 11.3. The zero-order chi connectivity index (χ0) is 11.8. The average Bonchev–Trinajstić information content (AvgIpc) is 3.04. The zero-order valence-corrected chi connectivity index (χ0v) is 11.3. The fourth-order valence-electron chi connectivity index (χ4n) is 1.76. The van der Waals surface area contributed by atoms with Crippen molar-refractivity contribution >= 4 is 0 Å². The molecule has 1 rings (SSSR count). The molecule has 0 heterocycles. The highest BCUT2D eigenvalue weighted by atomic mass is 15.1. The Kier molecular flexibility index (Phi) is 7.01. The van der Waals surface area contributed by atoms with E-state index in [1.165, 1.54) is 58.3 Å². The van der Waals surface area contributed by atoms with Crippen LogP contribution in [0.15, 0.2) is 0 Å². The number of hydrogen-bond acceptors (Lipinski definition) is 3. The third-order valence-corrected chi connectivity index (χ3v) is 3.16. The molecule has 1 aliphatic rings. The fourth-order valence-corrected chi connectivity index (χ4v) is 1.76. The van der Waals surface area contributed by atoms with Gasteiger partial charge in [-0.2, -0.15) is 0 Å². The Labute approximate surface area is 101 Å². The Morgan fingerprint density at radius 1 is 0.938 bits per heavy atom. The minimum absolute atomic E-state index is 0.878. The van der Waals surface area contributed by atoms with E-state index < -0.39 is 0 Å². The van der Waals surface area contributed by atoms with E-state index in [1.807, 2.05) is 0 Å². The van der Waals surface area contributed by atoms with Crippen molar-refractivity contribution in [3.63, 3.8) is 0 Å². The van der Waals surface area contributed by atoms with Gasteiger partial charge in [0.1, 0.15) is 0 Å². The summed E-state index contributed by atoms with van der Waals surface area (Å²) in [5.41, 5.74) is 0.